The predicted molar refractivity (Wildman–Crippen MR) is 109 cm³/mol. The van der Waals surface area contributed by atoms with Gasteiger partial charge in [0.1, 0.15) is 5.75 Å². The lowest BCUT2D eigenvalue weighted by Gasteiger charge is -2.36. The number of piperazine rings is 1. The molecule has 0 bridgehead atoms. The Hall–Kier alpha value is -2.33. The van der Waals surface area contributed by atoms with Gasteiger partial charge in [-0.25, -0.2) is 0 Å². The number of carbonyl (C=O) groups excluding carboxylic acids is 1. The quantitative estimate of drug-likeness (QED) is 0.779. The van der Waals surface area contributed by atoms with Gasteiger partial charge in [0.2, 0.25) is 0 Å². The number of benzene rings is 2. The second kappa shape index (κ2) is 9.05. The molecule has 1 fully saturated rings. The number of hydrogen-bond acceptors (Lipinski definition) is 3. The van der Waals surface area contributed by atoms with Crippen LogP contribution in [0.1, 0.15) is 30.0 Å². The summed E-state index contributed by atoms with van der Waals surface area (Å²) in [6.45, 7) is 10.4. The zero-order valence-electron chi connectivity index (χ0n) is 16.6. The Balaban J connectivity index is 1.56. The predicted octanol–water partition coefficient (Wildman–Crippen LogP) is 3.81. The number of nitrogens with zero attached hydrogens (tertiary/aromatic N) is 2. The molecule has 27 heavy (non-hydrogen) atoms. The highest BCUT2D eigenvalue weighted by molar-refractivity contribution is 5.81. The lowest BCUT2D eigenvalue weighted by Crippen LogP contribution is -2.52. The van der Waals surface area contributed by atoms with Crippen molar-refractivity contribution >= 4 is 5.91 Å². The second-order valence-electron chi connectivity index (χ2n) is 7.30. The maximum atomic E-state index is 13.0. The van der Waals surface area contributed by atoms with Crippen molar-refractivity contribution in [2.24, 2.45) is 0 Å². The molecule has 4 heteroatoms. The van der Waals surface area contributed by atoms with E-state index in [1.807, 2.05) is 36.9 Å². The summed E-state index contributed by atoms with van der Waals surface area (Å²) in [6, 6.07) is 16.5. The van der Waals surface area contributed by atoms with Crippen LogP contribution in [0.2, 0.25) is 0 Å². The minimum Gasteiger partial charge on any atom is -0.480 e. The Bertz CT molecular complexity index is 752. The zero-order chi connectivity index (χ0) is 19.2. The lowest BCUT2D eigenvalue weighted by molar-refractivity contribution is -0.140. The number of carbonyl (C=O) groups is 1. The fourth-order valence-electron chi connectivity index (χ4n) is 3.49. The van der Waals surface area contributed by atoms with Gasteiger partial charge in [-0.05, 0) is 43.0 Å². The van der Waals surface area contributed by atoms with Gasteiger partial charge in [-0.1, -0.05) is 49.4 Å². The van der Waals surface area contributed by atoms with Crippen LogP contribution >= 0.6 is 0 Å². The van der Waals surface area contributed by atoms with E-state index in [9.17, 15) is 4.79 Å². The van der Waals surface area contributed by atoms with Crippen LogP contribution < -0.4 is 4.74 Å². The lowest BCUT2D eigenvalue weighted by atomic mass is 10.1. The van der Waals surface area contributed by atoms with Crippen LogP contribution in [0.25, 0.3) is 0 Å². The van der Waals surface area contributed by atoms with Crippen molar-refractivity contribution in [3.8, 4) is 5.75 Å². The van der Waals surface area contributed by atoms with Gasteiger partial charge in [-0.15, -0.1) is 0 Å². The number of amides is 1. The van der Waals surface area contributed by atoms with Gasteiger partial charge in [0.05, 0.1) is 0 Å². The summed E-state index contributed by atoms with van der Waals surface area (Å²) in [5.74, 6) is 0.927. The van der Waals surface area contributed by atoms with Gasteiger partial charge in [0.15, 0.2) is 6.10 Å². The summed E-state index contributed by atoms with van der Waals surface area (Å²) in [5, 5.41) is 0. The van der Waals surface area contributed by atoms with Crippen molar-refractivity contribution in [2.75, 3.05) is 26.2 Å². The van der Waals surface area contributed by atoms with Crippen LogP contribution in [-0.2, 0) is 11.3 Å². The van der Waals surface area contributed by atoms with Crippen LogP contribution in [0.3, 0.4) is 0 Å². The third-order valence-corrected chi connectivity index (χ3v) is 5.40. The average molecular weight is 367 g/mol. The molecule has 0 N–H and O–H groups in total. The van der Waals surface area contributed by atoms with Crippen LogP contribution in [-0.4, -0.2) is 48.0 Å². The van der Waals surface area contributed by atoms with E-state index in [-0.39, 0.29) is 5.91 Å². The molecule has 2 aromatic carbocycles. The number of rotatable bonds is 6. The molecule has 0 aromatic heterocycles. The largest absolute Gasteiger partial charge is 0.480 e. The normalized spacial score (nSPS) is 16.2. The molecular weight excluding hydrogens is 336 g/mol. The molecule has 1 amide bonds. The first-order valence-corrected chi connectivity index (χ1v) is 9.86. The highest BCUT2D eigenvalue weighted by Gasteiger charge is 2.28. The molecule has 0 aliphatic carbocycles. The van der Waals surface area contributed by atoms with Crippen LogP contribution in [0.5, 0.6) is 5.75 Å². The van der Waals surface area contributed by atoms with Crippen molar-refractivity contribution in [2.45, 2.75) is 39.8 Å². The molecule has 1 heterocycles. The molecule has 0 saturated carbocycles. The molecule has 0 unspecified atom stereocenters. The molecule has 1 aliphatic rings. The van der Waals surface area contributed by atoms with E-state index < -0.39 is 6.10 Å². The van der Waals surface area contributed by atoms with Gasteiger partial charge in [0.25, 0.3) is 5.91 Å². The number of ether oxygens (including phenoxy) is 1. The Morgan fingerprint density at radius 3 is 2.37 bits per heavy atom. The van der Waals surface area contributed by atoms with Crippen LogP contribution in [0.15, 0.2) is 48.5 Å². The first-order chi connectivity index (χ1) is 13.1. The van der Waals surface area contributed by atoms with Gasteiger partial charge in [0, 0.05) is 32.7 Å². The Morgan fingerprint density at radius 2 is 1.70 bits per heavy atom. The summed E-state index contributed by atoms with van der Waals surface area (Å²) in [6.07, 6.45) is 0.266. The van der Waals surface area contributed by atoms with Gasteiger partial charge < -0.3 is 9.64 Å². The first-order valence-electron chi connectivity index (χ1n) is 9.86. The third kappa shape index (κ3) is 4.89. The molecule has 4 nitrogen and oxygen atoms in total. The minimum absolute atomic E-state index is 0.109. The second-order valence-corrected chi connectivity index (χ2v) is 7.30. The Morgan fingerprint density at radius 1 is 1.00 bits per heavy atom. The maximum Gasteiger partial charge on any atom is 0.263 e. The summed E-state index contributed by atoms with van der Waals surface area (Å²) >= 11 is 0. The molecule has 3 rings (SSSR count). The van der Waals surface area contributed by atoms with Crippen molar-refractivity contribution in [3.63, 3.8) is 0 Å². The van der Waals surface area contributed by atoms with Gasteiger partial charge in [-0.3, -0.25) is 9.69 Å². The first kappa shape index (κ1) is 19.4. The van der Waals surface area contributed by atoms with E-state index in [4.69, 9.17) is 4.74 Å². The van der Waals surface area contributed by atoms with Crippen molar-refractivity contribution in [3.05, 3.63) is 65.2 Å². The fraction of sp³-hybridized carbons (Fsp3) is 0.435. The van der Waals surface area contributed by atoms with Crippen molar-refractivity contribution < 1.29 is 9.53 Å². The SMILES string of the molecule is CC[C@H](Oc1cccc(C)c1C)C(=O)N1CCN(Cc2ccccc2)CC1. The zero-order valence-corrected chi connectivity index (χ0v) is 16.6. The molecule has 0 spiro atoms. The number of aryl methyl sites for hydroxylation is 1. The van der Waals surface area contributed by atoms with E-state index in [0.717, 1.165) is 44.0 Å². The summed E-state index contributed by atoms with van der Waals surface area (Å²) in [4.78, 5) is 17.3. The molecule has 1 saturated heterocycles. The van der Waals surface area contributed by atoms with E-state index >= 15 is 0 Å². The topological polar surface area (TPSA) is 32.8 Å². The molecule has 1 atom stereocenters. The van der Waals surface area contributed by atoms with Crippen LogP contribution in [0, 0.1) is 13.8 Å². The minimum atomic E-state index is -0.411. The summed E-state index contributed by atoms with van der Waals surface area (Å²) in [5.41, 5.74) is 3.61. The maximum absolute atomic E-state index is 13.0. The third-order valence-electron chi connectivity index (χ3n) is 5.40. The van der Waals surface area contributed by atoms with Crippen molar-refractivity contribution in [1.29, 1.82) is 0 Å². The van der Waals surface area contributed by atoms with Gasteiger partial charge in [-0.2, -0.15) is 0 Å². The summed E-state index contributed by atoms with van der Waals surface area (Å²) in [7, 11) is 0. The molecule has 1 aliphatic heterocycles. The monoisotopic (exact) mass is 366 g/mol. The van der Waals surface area contributed by atoms with Crippen molar-refractivity contribution in [1.82, 2.24) is 9.80 Å². The number of hydrogen-bond donors (Lipinski definition) is 0. The average Bonchev–Trinajstić information content (AvgIpc) is 2.70. The van der Waals surface area contributed by atoms with E-state index in [2.05, 4.69) is 42.2 Å². The molecular formula is C23H30N2O2. The molecule has 2 aromatic rings. The standard InChI is InChI=1S/C23H30N2O2/c1-4-21(27-22-12-8-9-18(2)19(22)3)23(26)25-15-13-24(14-16-25)17-20-10-6-5-7-11-20/h5-12,21H,4,13-17H2,1-3H3/t21-/m0/s1. The van der Waals surface area contributed by atoms with Gasteiger partial charge >= 0.3 is 0 Å². The summed E-state index contributed by atoms with van der Waals surface area (Å²) < 4.78 is 6.11. The highest BCUT2D eigenvalue weighted by atomic mass is 16.5. The fourth-order valence-corrected chi connectivity index (χ4v) is 3.49. The Kier molecular flexibility index (Phi) is 6.51. The van der Waals surface area contributed by atoms with E-state index in [1.54, 1.807) is 0 Å². The van der Waals surface area contributed by atoms with E-state index in [1.165, 1.54) is 11.1 Å². The smallest absolute Gasteiger partial charge is 0.263 e. The van der Waals surface area contributed by atoms with Crippen LogP contribution in [0.4, 0.5) is 0 Å². The molecule has 144 valence electrons. The Labute approximate surface area is 162 Å². The van der Waals surface area contributed by atoms with E-state index in [0.29, 0.717) is 6.42 Å². The highest BCUT2D eigenvalue weighted by Crippen LogP contribution is 2.23. The molecule has 0 radical (unpaired) electrons.